The van der Waals surface area contributed by atoms with Gasteiger partial charge in [0, 0.05) is 19.2 Å². The first-order valence-corrected chi connectivity index (χ1v) is 5.48. The molecule has 0 saturated carbocycles. The van der Waals surface area contributed by atoms with Gasteiger partial charge in [-0.05, 0) is 19.5 Å². The van der Waals surface area contributed by atoms with Crippen LogP contribution >= 0.6 is 0 Å². The standard InChI is InChI=1S/C10H16N4O2/c15-10(12-9-2-7-16-13-9)8-14-5-1-3-11-4-6-14/h2,7,11H,1,3-6,8H2,(H,12,13,15). The van der Waals surface area contributed by atoms with E-state index in [1.165, 1.54) is 6.26 Å². The molecule has 1 aliphatic heterocycles. The highest BCUT2D eigenvalue weighted by Gasteiger charge is 2.13. The van der Waals surface area contributed by atoms with Gasteiger partial charge in [-0.25, -0.2) is 0 Å². The quantitative estimate of drug-likeness (QED) is 0.750. The summed E-state index contributed by atoms with van der Waals surface area (Å²) >= 11 is 0. The van der Waals surface area contributed by atoms with Crippen molar-refractivity contribution in [3.63, 3.8) is 0 Å². The average molecular weight is 224 g/mol. The first-order valence-electron chi connectivity index (χ1n) is 5.48. The zero-order valence-corrected chi connectivity index (χ0v) is 9.11. The first kappa shape index (κ1) is 11.1. The van der Waals surface area contributed by atoms with Crippen molar-refractivity contribution in [1.82, 2.24) is 15.4 Å². The number of amides is 1. The van der Waals surface area contributed by atoms with Crippen LogP contribution in [-0.4, -0.2) is 48.7 Å². The normalized spacial score (nSPS) is 18.0. The molecule has 2 N–H and O–H groups in total. The third kappa shape index (κ3) is 3.32. The molecule has 1 fully saturated rings. The van der Waals surface area contributed by atoms with E-state index in [2.05, 4.69) is 25.2 Å². The number of carbonyl (C=O) groups is 1. The van der Waals surface area contributed by atoms with E-state index >= 15 is 0 Å². The van der Waals surface area contributed by atoms with E-state index in [1.807, 2.05) is 0 Å². The minimum atomic E-state index is -0.0456. The van der Waals surface area contributed by atoms with Gasteiger partial charge in [-0.15, -0.1) is 0 Å². The zero-order valence-electron chi connectivity index (χ0n) is 9.11. The lowest BCUT2D eigenvalue weighted by molar-refractivity contribution is -0.117. The first-order chi connectivity index (χ1) is 7.84. The van der Waals surface area contributed by atoms with E-state index in [0.29, 0.717) is 12.4 Å². The van der Waals surface area contributed by atoms with Gasteiger partial charge in [0.1, 0.15) is 6.26 Å². The van der Waals surface area contributed by atoms with Crippen LogP contribution < -0.4 is 10.6 Å². The highest BCUT2D eigenvalue weighted by Crippen LogP contribution is 2.01. The van der Waals surface area contributed by atoms with Crippen LogP contribution in [0.4, 0.5) is 5.82 Å². The molecule has 6 heteroatoms. The molecular formula is C10H16N4O2. The molecule has 1 aromatic heterocycles. The zero-order chi connectivity index (χ0) is 11.2. The van der Waals surface area contributed by atoms with Gasteiger partial charge < -0.3 is 15.2 Å². The molecule has 88 valence electrons. The van der Waals surface area contributed by atoms with Crippen LogP contribution in [0.2, 0.25) is 0 Å². The Bertz CT molecular complexity index is 318. The number of aromatic nitrogens is 1. The number of nitrogens with zero attached hydrogens (tertiary/aromatic N) is 2. The topological polar surface area (TPSA) is 70.4 Å². The molecule has 0 aliphatic carbocycles. The molecule has 0 radical (unpaired) electrons. The van der Waals surface area contributed by atoms with E-state index in [4.69, 9.17) is 0 Å². The fourth-order valence-corrected chi connectivity index (χ4v) is 1.72. The third-order valence-electron chi connectivity index (χ3n) is 2.51. The Morgan fingerprint density at radius 1 is 1.56 bits per heavy atom. The van der Waals surface area contributed by atoms with Gasteiger partial charge >= 0.3 is 0 Å². The van der Waals surface area contributed by atoms with E-state index in [9.17, 15) is 4.79 Å². The van der Waals surface area contributed by atoms with Crippen molar-refractivity contribution in [3.8, 4) is 0 Å². The maximum atomic E-state index is 11.6. The Hall–Kier alpha value is -1.40. The van der Waals surface area contributed by atoms with Crippen molar-refractivity contribution < 1.29 is 9.32 Å². The van der Waals surface area contributed by atoms with Crippen molar-refractivity contribution in [2.24, 2.45) is 0 Å². The summed E-state index contributed by atoms with van der Waals surface area (Å²) in [7, 11) is 0. The summed E-state index contributed by atoms with van der Waals surface area (Å²) in [6.07, 6.45) is 2.52. The van der Waals surface area contributed by atoms with Gasteiger partial charge in [-0.1, -0.05) is 5.16 Å². The van der Waals surface area contributed by atoms with Crippen molar-refractivity contribution >= 4 is 11.7 Å². The molecule has 1 aliphatic rings. The highest BCUT2D eigenvalue weighted by atomic mass is 16.5. The Kier molecular flexibility index (Phi) is 3.90. The molecule has 0 atom stereocenters. The highest BCUT2D eigenvalue weighted by molar-refractivity contribution is 5.91. The Morgan fingerprint density at radius 2 is 2.50 bits per heavy atom. The van der Waals surface area contributed by atoms with E-state index in [-0.39, 0.29) is 5.91 Å². The predicted molar refractivity (Wildman–Crippen MR) is 59.1 cm³/mol. The molecule has 1 aromatic rings. The minimum Gasteiger partial charge on any atom is -0.363 e. The summed E-state index contributed by atoms with van der Waals surface area (Å²) in [5.41, 5.74) is 0. The maximum Gasteiger partial charge on any atom is 0.239 e. The Morgan fingerprint density at radius 3 is 3.31 bits per heavy atom. The lowest BCUT2D eigenvalue weighted by Crippen LogP contribution is -2.35. The summed E-state index contributed by atoms with van der Waals surface area (Å²) in [6, 6.07) is 1.63. The molecular weight excluding hydrogens is 208 g/mol. The molecule has 6 nitrogen and oxygen atoms in total. The molecule has 1 amide bonds. The van der Waals surface area contributed by atoms with E-state index in [0.717, 1.165) is 32.6 Å². The number of hydrogen-bond donors (Lipinski definition) is 2. The summed E-state index contributed by atoms with van der Waals surface area (Å²) in [4.78, 5) is 13.8. The maximum absolute atomic E-state index is 11.6. The summed E-state index contributed by atoms with van der Waals surface area (Å²) in [6.45, 7) is 4.25. The Balaban J connectivity index is 1.77. The molecule has 1 saturated heterocycles. The third-order valence-corrected chi connectivity index (χ3v) is 2.51. The average Bonchev–Trinajstić information content (AvgIpc) is 2.62. The SMILES string of the molecule is O=C(CN1CCCNCC1)Nc1ccon1. The van der Waals surface area contributed by atoms with Gasteiger partial charge in [0.05, 0.1) is 6.54 Å². The lowest BCUT2D eigenvalue weighted by atomic mass is 10.4. The van der Waals surface area contributed by atoms with Crippen molar-refractivity contribution in [1.29, 1.82) is 0 Å². The van der Waals surface area contributed by atoms with Gasteiger partial charge in [0.2, 0.25) is 5.91 Å². The van der Waals surface area contributed by atoms with Crippen LogP contribution in [0.15, 0.2) is 16.9 Å². The van der Waals surface area contributed by atoms with Crippen LogP contribution in [0.25, 0.3) is 0 Å². The molecule has 0 aromatic carbocycles. The number of rotatable bonds is 3. The minimum absolute atomic E-state index is 0.0456. The molecule has 0 unspecified atom stereocenters. The molecule has 16 heavy (non-hydrogen) atoms. The second kappa shape index (κ2) is 5.62. The summed E-state index contributed by atoms with van der Waals surface area (Å²) in [5.74, 6) is 0.425. The van der Waals surface area contributed by atoms with Crippen LogP contribution in [0.3, 0.4) is 0 Å². The fraction of sp³-hybridized carbons (Fsp3) is 0.600. The lowest BCUT2D eigenvalue weighted by Gasteiger charge is -2.17. The molecule has 0 spiro atoms. The van der Waals surface area contributed by atoms with Gasteiger partial charge in [0.15, 0.2) is 5.82 Å². The smallest absolute Gasteiger partial charge is 0.239 e. The molecule has 2 rings (SSSR count). The largest absolute Gasteiger partial charge is 0.363 e. The monoisotopic (exact) mass is 224 g/mol. The van der Waals surface area contributed by atoms with Crippen molar-refractivity contribution in [2.45, 2.75) is 6.42 Å². The second-order valence-corrected chi connectivity index (χ2v) is 3.81. The van der Waals surface area contributed by atoms with E-state index < -0.39 is 0 Å². The molecule has 0 bridgehead atoms. The van der Waals surface area contributed by atoms with Gasteiger partial charge in [-0.2, -0.15) is 0 Å². The van der Waals surface area contributed by atoms with Crippen LogP contribution in [0, 0.1) is 0 Å². The fourth-order valence-electron chi connectivity index (χ4n) is 1.72. The number of anilines is 1. The van der Waals surface area contributed by atoms with Gasteiger partial charge in [-0.3, -0.25) is 9.69 Å². The van der Waals surface area contributed by atoms with Crippen molar-refractivity contribution in [2.75, 3.05) is 38.0 Å². The second-order valence-electron chi connectivity index (χ2n) is 3.81. The summed E-state index contributed by atoms with van der Waals surface area (Å²) < 4.78 is 4.64. The number of carbonyl (C=O) groups excluding carboxylic acids is 1. The predicted octanol–water partition coefficient (Wildman–Crippen LogP) is -0.0916. The Labute approximate surface area is 94.0 Å². The number of nitrogens with one attached hydrogen (secondary N) is 2. The summed E-state index contributed by atoms with van der Waals surface area (Å²) in [5, 5.41) is 9.61. The van der Waals surface area contributed by atoms with E-state index in [1.54, 1.807) is 6.07 Å². The molecule has 2 heterocycles. The van der Waals surface area contributed by atoms with Crippen LogP contribution in [0.5, 0.6) is 0 Å². The number of hydrogen-bond acceptors (Lipinski definition) is 5. The van der Waals surface area contributed by atoms with Crippen LogP contribution in [-0.2, 0) is 4.79 Å². The van der Waals surface area contributed by atoms with Crippen molar-refractivity contribution in [3.05, 3.63) is 12.3 Å². The van der Waals surface area contributed by atoms with Gasteiger partial charge in [0.25, 0.3) is 0 Å². The van der Waals surface area contributed by atoms with Crippen LogP contribution in [0.1, 0.15) is 6.42 Å².